The van der Waals surface area contributed by atoms with Gasteiger partial charge in [-0.15, -0.1) is 0 Å². The molecule has 1 saturated carbocycles. The summed E-state index contributed by atoms with van der Waals surface area (Å²) in [4.78, 5) is 0. The smallest absolute Gasteiger partial charge is 0.116 e. The van der Waals surface area contributed by atoms with Crippen molar-refractivity contribution >= 4 is 0 Å². The van der Waals surface area contributed by atoms with Crippen molar-refractivity contribution < 1.29 is 4.39 Å². The van der Waals surface area contributed by atoms with Crippen molar-refractivity contribution in [2.75, 3.05) is 0 Å². The highest BCUT2D eigenvalue weighted by atomic mass is 19.1. The Kier molecular flexibility index (Phi) is 2.27. The molecule has 0 aromatic rings. The van der Waals surface area contributed by atoms with E-state index in [2.05, 4.69) is 20.8 Å². The van der Waals surface area contributed by atoms with Crippen molar-refractivity contribution in [3.63, 3.8) is 0 Å². The second-order valence-electron chi connectivity index (χ2n) is 4.41. The Balaban J connectivity index is 2.69. The first-order chi connectivity index (χ1) is 5.02. The van der Waals surface area contributed by atoms with Gasteiger partial charge in [-0.3, -0.25) is 0 Å². The molecule has 1 fully saturated rings. The van der Waals surface area contributed by atoms with Gasteiger partial charge >= 0.3 is 0 Å². The minimum absolute atomic E-state index is 0.108. The summed E-state index contributed by atoms with van der Waals surface area (Å²) in [5.74, 6) is 0. The third kappa shape index (κ3) is 1.43. The molecule has 1 aliphatic rings. The van der Waals surface area contributed by atoms with Gasteiger partial charge in [0.15, 0.2) is 0 Å². The minimum atomic E-state index is -0.859. The first kappa shape index (κ1) is 9.02. The van der Waals surface area contributed by atoms with Crippen LogP contribution in [0.3, 0.4) is 0 Å². The molecule has 0 aromatic heterocycles. The predicted octanol–water partition coefficient (Wildman–Crippen LogP) is 3.70. The van der Waals surface area contributed by atoms with Gasteiger partial charge < -0.3 is 0 Å². The highest BCUT2D eigenvalue weighted by molar-refractivity contribution is 4.96. The monoisotopic (exact) mass is 158 g/mol. The van der Waals surface area contributed by atoms with E-state index >= 15 is 0 Å². The van der Waals surface area contributed by atoms with Gasteiger partial charge in [0.2, 0.25) is 0 Å². The topological polar surface area (TPSA) is 0 Å². The molecular formula is C10H19F. The lowest BCUT2D eigenvalue weighted by Crippen LogP contribution is -2.37. The molecule has 0 atom stereocenters. The molecule has 0 bridgehead atoms. The third-order valence-corrected chi connectivity index (χ3v) is 3.49. The second-order valence-corrected chi connectivity index (χ2v) is 4.41. The fourth-order valence-corrected chi connectivity index (χ4v) is 1.93. The van der Waals surface area contributed by atoms with Crippen molar-refractivity contribution in [1.29, 1.82) is 0 Å². The van der Waals surface area contributed by atoms with Gasteiger partial charge in [-0.1, -0.05) is 33.6 Å². The number of hydrogen-bond donors (Lipinski definition) is 0. The molecule has 0 unspecified atom stereocenters. The first-order valence-corrected chi connectivity index (χ1v) is 4.71. The van der Waals surface area contributed by atoms with E-state index in [4.69, 9.17) is 0 Å². The van der Waals surface area contributed by atoms with Crippen LogP contribution in [0.15, 0.2) is 0 Å². The molecule has 0 aromatic carbocycles. The molecular weight excluding hydrogens is 139 g/mol. The SMILES string of the molecule is CCC(C)(C)C1(F)CCCC1. The molecule has 0 N–H and O–H groups in total. The van der Waals surface area contributed by atoms with Crippen LogP contribution in [-0.4, -0.2) is 5.67 Å². The van der Waals surface area contributed by atoms with Crippen LogP contribution in [0.25, 0.3) is 0 Å². The molecule has 0 aliphatic heterocycles. The molecule has 66 valence electrons. The lowest BCUT2D eigenvalue weighted by Gasteiger charge is -2.36. The molecule has 1 aliphatic carbocycles. The summed E-state index contributed by atoms with van der Waals surface area (Å²) < 4.78 is 14.1. The van der Waals surface area contributed by atoms with Gasteiger partial charge in [0.05, 0.1) is 0 Å². The van der Waals surface area contributed by atoms with Crippen molar-refractivity contribution in [2.24, 2.45) is 5.41 Å². The van der Waals surface area contributed by atoms with Gasteiger partial charge in [-0.05, 0) is 24.7 Å². The Bertz CT molecular complexity index is 132. The Morgan fingerprint density at radius 1 is 1.27 bits per heavy atom. The summed E-state index contributed by atoms with van der Waals surface area (Å²) in [6, 6.07) is 0. The average Bonchev–Trinajstić information content (AvgIpc) is 2.38. The Morgan fingerprint density at radius 3 is 2.09 bits per heavy atom. The third-order valence-electron chi connectivity index (χ3n) is 3.49. The Morgan fingerprint density at radius 2 is 1.73 bits per heavy atom. The molecule has 1 heteroatoms. The van der Waals surface area contributed by atoms with E-state index < -0.39 is 5.67 Å². The van der Waals surface area contributed by atoms with Gasteiger partial charge in [0.1, 0.15) is 5.67 Å². The van der Waals surface area contributed by atoms with E-state index in [1.165, 1.54) is 0 Å². The summed E-state index contributed by atoms with van der Waals surface area (Å²) in [5, 5.41) is 0. The number of alkyl halides is 1. The minimum Gasteiger partial charge on any atom is -0.243 e. The zero-order valence-electron chi connectivity index (χ0n) is 7.91. The maximum absolute atomic E-state index is 14.1. The summed E-state index contributed by atoms with van der Waals surface area (Å²) in [6.45, 7) is 6.19. The molecule has 0 nitrogen and oxygen atoms in total. The lowest BCUT2D eigenvalue weighted by atomic mass is 9.73. The van der Waals surface area contributed by atoms with Crippen molar-refractivity contribution in [3.8, 4) is 0 Å². The lowest BCUT2D eigenvalue weighted by molar-refractivity contribution is 0.0195. The number of halogens is 1. The van der Waals surface area contributed by atoms with E-state index in [9.17, 15) is 4.39 Å². The molecule has 0 spiro atoms. The van der Waals surface area contributed by atoms with Crippen LogP contribution in [-0.2, 0) is 0 Å². The van der Waals surface area contributed by atoms with E-state index in [1.54, 1.807) is 0 Å². The zero-order chi connectivity index (χ0) is 8.54. The van der Waals surface area contributed by atoms with Crippen LogP contribution in [0, 0.1) is 5.41 Å². The van der Waals surface area contributed by atoms with Crippen molar-refractivity contribution in [3.05, 3.63) is 0 Å². The summed E-state index contributed by atoms with van der Waals surface area (Å²) >= 11 is 0. The van der Waals surface area contributed by atoms with Crippen LogP contribution in [0.4, 0.5) is 4.39 Å². The Hall–Kier alpha value is -0.0700. The molecule has 1 rings (SSSR count). The summed E-state index contributed by atoms with van der Waals surface area (Å²) in [5.41, 5.74) is -0.967. The molecule has 0 radical (unpaired) electrons. The quantitative estimate of drug-likeness (QED) is 0.574. The van der Waals surface area contributed by atoms with Crippen LogP contribution in [0.2, 0.25) is 0 Å². The van der Waals surface area contributed by atoms with Gasteiger partial charge in [-0.2, -0.15) is 0 Å². The summed E-state index contributed by atoms with van der Waals surface area (Å²) in [6.07, 6.45) is 4.69. The highest BCUT2D eigenvalue weighted by Gasteiger charge is 2.45. The molecule has 0 heterocycles. The standard InChI is InChI=1S/C10H19F/c1-4-9(2,3)10(11)7-5-6-8-10/h4-8H2,1-3H3. The van der Waals surface area contributed by atoms with Gasteiger partial charge in [0.25, 0.3) is 0 Å². The average molecular weight is 158 g/mol. The number of rotatable bonds is 2. The Labute approximate surface area is 69.2 Å². The van der Waals surface area contributed by atoms with Gasteiger partial charge in [0, 0.05) is 0 Å². The summed E-state index contributed by atoms with van der Waals surface area (Å²) in [7, 11) is 0. The zero-order valence-corrected chi connectivity index (χ0v) is 7.91. The number of hydrogen-bond acceptors (Lipinski definition) is 0. The molecule has 0 saturated heterocycles. The van der Waals surface area contributed by atoms with Crippen LogP contribution < -0.4 is 0 Å². The molecule has 0 amide bonds. The van der Waals surface area contributed by atoms with Crippen LogP contribution in [0.5, 0.6) is 0 Å². The maximum Gasteiger partial charge on any atom is 0.116 e. The van der Waals surface area contributed by atoms with E-state index in [0.717, 1.165) is 32.1 Å². The van der Waals surface area contributed by atoms with Crippen molar-refractivity contribution in [1.82, 2.24) is 0 Å². The van der Waals surface area contributed by atoms with E-state index in [-0.39, 0.29) is 5.41 Å². The fraction of sp³-hybridized carbons (Fsp3) is 1.00. The van der Waals surface area contributed by atoms with Gasteiger partial charge in [-0.25, -0.2) is 4.39 Å². The largest absolute Gasteiger partial charge is 0.243 e. The normalized spacial score (nSPS) is 24.0. The fourth-order valence-electron chi connectivity index (χ4n) is 1.93. The van der Waals surface area contributed by atoms with E-state index in [0.29, 0.717) is 0 Å². The van der Waals surface area contributed by atoms with Crippen LogP contribution in [0.1, 0.15) is 52.9 Å². The maximum atomic E-state index is 14.1. The predicted molar refractivity (Wildman–Crippen MR) is 46.4 cm³/mol. The van der Waals surface area contributed by atoms with E-state index in [1.807, 2.05) is 0 Å². The first-order valence-electron chi connectivity index (χ1n) is 4.71. The molecule has 11 heavy (non-hydrogen) atoms. The van der Waals surface area contributed by atoms with Crippen LogP contribution >= 0.6 is 0 Å². The second kappa shape index (κ2) is 2.76. The van der Waals surface area contributed by atoms with Crippen molar-refractivity contribution in [2.45, 2.75) is 58.5 Å². The highest BCUT2D eigenvalue weighted by Crippen LogP contribution is 2.48.